The molecule has 0 atom stereocenters. The Morgan fingerprint density at radius 1 is 1.15 bits per heavy atom. The number of halogens is 1. The van der Waals surface area contributed by atoms with E-state index in [4.69, 9.17) is 4.42 Å². The molecule has 1 heterocycles. The van der Waals surface area contributed by atoms with Crippen LogP contribution in [0.15, 0.2) is 41.0 Å². The van der Waals surface area contributed by atoms with Crippen molar-refractivity contribution in [2.45, 2.75) is 6.92 Å². The second-order valence-corrected chi connectivity index (χ2v) is 2.91. The summed E-state index contributed by atoms with van der Waals surface area (Å²) in [5.74, 6) is 0.360. The van der Waals surface area contributed by atoms with E-state index in [1.807, 2.05) is 6.07 Å². The zero-order chi connectivity index (χ0) is 9.26. The Labute approximate surface area is 75.8 Å². The van der Waals surface area contributed by atoms with Crippen molar-refractivity contribution in [2.24, 2.45) is 0 Å². The first-order valence-corrected chi connectivity index (χ1v) is 4.08. The summed E-state index contributed by atoms with van der Waals surface area (Å²) in [5, 5.41) is 0. The van der Waals surface area contributed by atoms with Crippen LogP contribution in [0.5, 0.6) is 0 Å². The normalized spacial score (nSPS) is 10.3. The van der Waals surface area contributed by atoms with Gasteiger partial charge in [-0.1, -0.05) is 12.1 Å². The van der Waals surface area contributed by atoms with Crippen molar-refractivity contribution in [1.29, 1.82) is 0 Å². The Bertz CT molecular complexity index is 404. The summed E-state index contributed by atoms with van der Waals surface area (Å²) >= 11 is 0. The molecule has 0 unspecified atom stereocenters. The van der Waals surface area contributed by atoms with Crippen LogP contribution in [-0.2, 0) is 0 Å². The molecule has 0 aliphatic carbocycles. The Balaban J connectivity index is 2.59. The number of furan rings is 1. The molecule has 13 heavy (non-hydrogen) atoms. The van der Waals surface area contributed by atoms with Crippen LogP contribution in [0.1, 0.15) is 5.56 Å². The molecule has 0 bridgehead atoms. The molecular weight excluding hydrogens is 167 g/mol. The maximum atomic E-state index is 13.5. The van der Waals surface area contributed by atoms with Gasteiger partial charge in [0, 0.05) is 0 Å². The lowest BCUT2D eigenvalue weighted by Crippen LogP contribution is -1.85. The molecule has 66 valence electrons. The van der Waals surface area contributed by atoms with Crippen molar-refractivity contribution in [3.8, 4) is 11.3 Å². The van der Waals surface area contributed by atoms with E-state index in [0.29, 0.717) is 16.9 Å². The Kier molecular flexibility index (Phi) is 1.89. The predicted octanol–water partition coefficient (Wildman–Crippen LogP) is 3.39. The van der Waals surface area contributed by atoms with E-state index in [0.717, 1.165) is 0 Å². The van der Waals surface area contributed by atoms with E-state index in [1.54, 1.807) is 31.2 Å². The maximum Gasteiger partial charge on any atom is 0.137 e. The highest BCUT2D eigenvalue weighted by Crippen LogP contribution is 2.24. The Morgan fingerprint density at radius 3 is 2.69 bits per heavy atom. The third-order valence-electron chi connectivity index (χ3n) is 1.98. The molecule has 0 aliphatic rings. The molecular formula is C11H9FO. The molecule has 1 aromatic heterocycles. The van der Waals surface area contributed by atoms with Gasteiger partial charge < -0.3 is 4.42 Å². The largest absolute Gasteiger partial charge is 0.464 e. The number of hydrogen-bond donors (Lipinski definition) is 0. The van der Waals surface area contributed by atoms with Crippen LogP contribution >= 0.6 is 0 Å². The van der Waals surface area contributed by atoms with E-state index < -0.39 is 0 Å². The van der Waals surface area contributed by atoms with Gasteiger partial charge in [0.25, 0.3) is 0 Å². The molecule has 0 spiro atoms. The molecule has 0 saturated heterocycles. The highest BCUT2D eigenvalue weighted by Gasteiger charge is 2.08. The van der Waals surface area contributed by atoms with Crippen molar-refractivity contribution >= 4 is 0 Å². The zero-order valence-corrected chi connectivity index (χ0v) is 7.25. The van der Waals surface area contributed by atoms with Gasteiger partial charge in [-0.3, -0.25) is 0 Å². The summed E-state index contributed by atoms with van der Waals surface area (Å²) in [7, 11) is 0. The van der Waals surface area contributed by atoms with Gasteiger partial charge in [0.2, 0.25) is 0 Å². The fourth-order valence-electron chi connectivity index (χ4n) is 1.27. The van der Waals surface area contributed by atoms with Gasteiger partial charge in [-0.2, -0.15) is 0 Å². The predicted molar refractivity (Wildman–Crippen MR) is 48.8 cm³/mol. The van der Waals surface area contributed by atoms with Crippen molar-refractivity contribution in [3.05, 3.63) is 48.0 Å². The van der Waals surface area contributed by atoms with Crippen LogP contribution < -0.4 is 0 Å². The highest BCUT2D eigenvalue weighted by atomic mass is 19.1. The molecule has 0 saturated carbocycles. The number of benzene rings is 1. The number of hydrogen-bond acceptors (Lipinski definition) is 1. The first-order chi connectivity index (χ1) is 6.29. The van der Waals surface area contributed by atoms with Gasteiger partial charge in [0.1, 0.15) is 11.6 Å². The van der Waals surface area contributed by atoms with Crippen molar-refractivity contribution in [3.63, 3.8) is 0 Å². The molecule has 2 aromatic rings. The monoisotopic (exact) mass is 176 g/mol. The highest BCUT2D eigenvalue weighted by molar-refractivity contribution is 5.59. The van der Waals surface area contributed by atoms with Gasteiger partial charge in [0.05, 0.1) is 11.8 Å². The second-order valence-electron chi connectivity index (χ2n) is 2.91. The molecule has 0 aliphatic heterocycles. The summed E-state index contributed by atoms with van der Waals surface area (Å²) in [6.07, 6.45) is 1.54. The summed E-state index contributed by atoms with van der Waals surface area (Å²) in [6, 6.07) is 8.76. The molecule has 0 radical (unpaired) electrons. The maximum absolute atomic E-state index is 13.5. The summed E-state index contributed by atoms with van der Waals surface area (Å²) < 4.78 is 18.6. The molecule has 1 aromatic carbocycles. The van der Waals surface area contributed by atoms with Crippen molar-refractivity contribution < 1.29 is 8.81 Å². The topological polar surface area (TPSA) is 13.1 Å². The Morgan fingerprint density at radius 2 is 2.00 bits per heavy atom. The average Bonchev–Trinajstić information content (AvgIpc) is 2.62. The van der Waals surface area contributed by atoms with E-state index in [2.05, 4.69) is 0 Å². The van der Waals surface area contributed by atoms with E-state index in [1.165, 1.54) is 6.26 Å². The minimum atomic E-state index is -0.211. The van der Waals surface area contributed by atoms with Crippen LogP contribution in [0.3, 0.4) is 0 Å². The van der Waals surface area contributed by atoms with Gasteiger partial charge in [-0.05, 0) is 30.7 Å². The SMILES string of the molecule is Cc1cccc(-c2ccco2)c1F. The molecule has 0 amide bonds. The quantitative estimate of drug-likeness (QED) is 0.649. The van der Waals surface area contributed by atoms with E-state index in [-0.39, 0.29) is 5.82 Å². The number of rotatable bonds is 1. The van der Waals surface area contributed by atoms with Crippen LogP contribution in [0, 0.1) is 12.7 Å². The fraction of sp³-hybridized carbons (Fsp3) is 0.0909. The average molecular weight is 176 g/mol. The van der Waals surface area contributed by atoms with Crippen LogP contribution in [-0.4, -0.2) is 0 Å². The van der Waals surface area contributed by atoms with Gasteiger partial charge in [-0.25, -0.2) is 4.39 Å². The lowest BCUT2D eigenvalue weighted by molar-refractivity contribution is 0.567. The molecule has 2 heteroatoms. The van der Waals surface area contributed by atoms with E-state index in [9.17, 15) is 4.39 Å². The lowest BCUT2D eigenvalue weighted by Gasteiger charge is -2.01. The smallest absolute Gasteiger partial charge is 0.137 e. The zero-order valence-electron chi connectivity index (χ0n) is 7.25. The second kappa shape index (κ2) is 3.05. The standard InChI is InChI=1S/C11H9FO/c1-8-4-2-5-9(11(8)12)10-6-3-7-13-10/h2-7H,1H3. The summed E-state index contributed by atoms with van der Waals surface area (Å²) in [6.45, 7) is 1.74. The molecule has 1 nitrogen and oxygen atoms in total. The molecule has 0 fully saturated rings. The molecule has 2 rings (SSSR count). The lowest BCUT2D eigenvalue weighted by atomic mass is 10.1. The number of aryl methyl sites for hydroxylation is 1. The van der Waals surface area contributed by atoms with Crippen LogP contribution in [0.25, 0.3) is 11.3 Å². The first-order valence-electron chi connectivity index (χ1n) is 4.08. The first kappa shape index (κ1) is 8.05. The van der Waals surface area contributed by atoms with Gasteiger partial charge in [-0.15, -0.1) is 0 Å². The van der Waals surface area contributed by atoms with Crippen LogP contribution in [0.2, 0.25) is 0 Å². The molecule has 0 N–H and O–H groups in total. The minimum absolute atomic E-state index is 0.211. The third-order valence-corrected chi connectivity index (χ3v) is 1.98. The Hall–Kier alpha value is -1.57. The minimum Gasteiger partial charge on any atom is -0.464 e. The summed E-state index contributed by atoms with van der Waals surface area (Å²) in [5.41, 5.74) is 1.15. The van der Waals surface area contributed by atoms with Gasteiger partial charge in [0.15, 0.2) is 0 Å². The van der Waals surface area contributed by atoms with Crippen molar-refractivity contribution in [2.75, 3.05) is 0 Å². The van der Waals surface area contributed by atoms with Crippen LogP contribution in [0.4, 0.5) is 4.39 Å². The third kappa shape index (κ3) is 1.35. The van der Waals surface area contributed by atoms with Gasteiger partial charge >= 0.3 is 0 Å². The van der Waals surface area contributed by atoms with Crippen molar-refractivity contribution in [1.82, 2.24) is 0 Å². The summed E-state index contributed by atoms with van der Waals surface area (Å²) in [4.78, 5) is 0. The van der Waals surface area contributed by atoms with E-state index >= 15 is 0 Å². The fourth-order valence-corrected chi connectivity index (χ4v) is 1.27.